The molecule has 0 unspecified atom stereocenters. The van der Waals surface area contributed by atoms with Crippen molar-refractivity contribution in [1.29, 1.82) is 0 Å². The molecule has 2 aliphatic rings. The smallest absolute Gasteiger partial charge is 0.258 e. The lowest BCUT2D eigenvalue weighted by molar-refractivity contribution is -0.144. The second-order valence-corrected chi connectivity index (χ2v) is 22.0. The molecule has 72 heavy (non-hydrogen) atoms. The van der Waals surface area contributed by atoms with Gasteiger partial charge in [0.2, 0.25) is 17.7 Å². The SMILES string of the molecule is Cc1ncsc1-c1ccc([C@H](C)NC(=O)[C@@H]2C[C@@H](O)CN2C(=O)[C@@H](NC(=O)COc2ccc(O[C@@H](C)CNC(=O)C[C@@H]3N=C(c4ccc(Cl)cc4)c4c(sc(C)c4C)-n4c(C)nnc43)cc2)C(C)(C)C)cc1. The molecule has 1 saturated heterocycles. The molecule has 0 bridgehead atoms. The predicted molar refractivity (Wildman–Crippen MR) is 279 cm³/mol. The highest BCUT2D eigenvalue weighted by atomic mass is 35.5. The number of hydrogen-bond donors (Lipinski definition) is 4. The van der Waals surface area contributed by atoms with Gasteiger partial charge in [-0.15, -0.1) is 32.9 Å². The highest BCUT2D eigenvalue weighted by Crippen LogP contribution is 2.40. The Labute approximate surface area is 432 Å². The molecule has 3 aromatic carbocycles. The van der Waals surface area contributed by atoms with Gasteiger partial charge in [0.1, 0.15) is 46.6 Å². The summed E-state index contributed by atoms with van der Waals surface area (Å²) in [6, 6.07) is 19.2. The Hall–Kier alpha value is -6.47. The van der Waals surface area contributed by atoms with Crippen LogP contribution in [0.4, 0.5) is 0 Å². The van der Waals surface area contributed by atoms with Gasteiger partial charge < -0.3 is 35.4 Å². The zero-order valence-corrected chi connectivity index (χ0v) is 44.2. The zero-order valence-electron chi connectivity index (χ0n) is 41.8. The van der Waals surface area contributed by atoms with E-state index in [1.807, 2.05) is 107 Å². The number of nitrogens with one attached hydrogen (secondary N) is 3. The molecule has 3 aromatic heterocycles. The molecule has 8 rings (SSSR count). The van der Waals surface area contributed by atoms with E-state index in [1.165, 1.54) is 4.90 Å². The van der Waals surface area contributed by atoms with Crippen LogP contribution in [0.1, 0.15) is 104 Å². The summed E-state index contributed by atoms with van der Waals surface area (Å²) in [5, 5.41) is 30.0. The molecule has 2 aliphatic heterocycles. The largest absolute Gasteiger partial charge is 0.489 e. The number of benzene rings is 3. The van der Waals surface area contributed by atoms with Crippen LogP contribution in [-0.2, 0) is 19.2 Å². The zero-order chi connectivity index (χ0) is 51.6. The van der Waals surface area contributed by atoms with Crippen molar-refractivity contribution in [1.82, 2.24) is 40.6 Å². The van der Waals surface area contributed by atoms with Crippen molar-refractivity contribution in [3.63, 3.8) is 0 Å². The first kappa shape index (κ1) is 51.9. The van der Waals surface area contributed by atoms with E-state index in [0.717, 1.165) is 54.0 Å². The Bertz CT molecular complexity index is 2980. The molecule has 19 heteroatoms. The molecular formula is C53H60ClN9O7S2. The fraction of sp³-hybridized carbons (Fsp3) is 0.396. The number of likely N-dealkylation sites (tertiary alicyclic amines) is 1. The normalized spacial score (nSPS) is 17.7. The van der Waals surface area contributed by atoms with Crippen LogP contribution in [0.25, 0.3) is 15.4 Å². The number of amides is 4. The number of aryl methyl sites for hydroxylation is 3. The lowest BCUT2D eigenvalue weighted by Crippen LogP contribution is -2.58. The van der Waals surface area contributed by atoms with E-state index in [2.05, 4.69) is 45.0 Å². The van der Waals surface area contributed by atoms with E-state index in [1.54, 1.807) is 46.9 Å². The molecular weight excluding hydrogens is 974 g/mol. The highest BCUT2D eigenvalue weighted by molar-refractivity contribution is 7.15. The topological polar surface area (TPSA) is 202 Å². The third-order valence-corrected chi connectivity index (χ3v) is 15.3. The number of thiazole rings is 1. The van der Waals surface area contributed by atoms with E-state index >= 15 is 0 Å². The van der Waals surface area contributed by atoms with E-state index < -0.39 is 53.5 Å². The van der Waals surface area contributed by atoms with Gasteiger partial charge in [-0.1, -0.05) is 68.8 Å². The Kier molecular flexibility index (Phi) is 15.6. The first-order valence-electron chi connectivity index (χ1n) is 23.9. The second-order valence-electron chi connectivity index (χ2n) is 19.5. The Morgan fingerprint density at radius 1 is 0.889 bits per heavy atom. The fourth-order valence-corrected chi connectivity index (χ4v) is 11.0. The maximum Gasteiger partial charge on any atom is 0.258 e. The minimum Gasteiger partial charge on any atom is -0.489 e. The minimum absolute atomic E-state index is 0.0309. The van der Waals surface area contributed by atoms with Crippen molar-refractivity contribution in [2.24, 2.45) is 10.4 Å². The van der Waals surface area contributed by atoms with Crippen LogP contribution in [0.15, 0.2) is 83.3 Å². The van der Waals surface area contributed by atoms with Crippen LogP contribution >= 0.6 is 34.3 Å². The number of β-amino-alcohol motifs (C(OH)–C–C–N with tert-alkyl or cyclic N) is 1. The summed E-state index contributed by atoms with van der Waals surface area (Å²) in [5.41, 5.74) is 7.68. The number of carbonyl (C=O) groups excluding carboxylic acids is 4. The molecule has 16 nitrogen and oxygen atoms in total. The lowest BCUT2D eigenvalue weighted by atomic mass is 9.85. The van der Waals surface area contributed by atoms with Gasteiger partial charge in [-0.2, -0.15) is 0 Å². The monoisotopic (exact) mass is 1030 g/mol. The van der Waals surface area contributed by atoms with Gasteiger partial charge in [-0.05, 0) is 100 Å². The molecule has 0 spiro atoms. The summed E-state index contributed by atoms with van der Waals surface area (Å²) in [6.07, 6.45) is -1.22. The summed E-state index contributed by atoms with van der Waals surface area (Å²) >= 11 is 9.47. The third-order valence-electron chi connectivity index (χ3n) is 12.9. The number of aromatic nitrogens is 4. The third kappa shape index (κ3) is 11.6. The minimum atomic E-state index is -1.02. The number of carbonyl (C=O) groups is 4. The van der Waals surface area contributed by atoms with Crippen LogP contribution in [0, 0.1) is 33.1 Å². The van der Waals surface area contributed by atoms with E-state index in [9.17, 15) is 24.3 Å². The number of aliphatic hydroxyl groups is 1. The quantitative estimate of drug-likeness (QED) is 0.0737. The van der Waals surface area contributed by atoms with Gasteiger partial charge in [0.15, 0.2) is 12.4 Å². The molecule has 0 saturated carbocycles. The standard InChI is InChI=1S/C53H60ClN9O7S2/c1-28(24-55-43(65)23-41-49-61-60-33(6)63(49)52-45(29(2)32(5)72-52)46(58-41)35-14-16-37(54)17-15-35)70-40-20-18-39(19-21-40)69-26-44(66)59-48(53(7,8)9)51(68)62-25-38(64)22-42(62)50(67)57-30(3)34-10-12-36(13-11-34)47-31(4)56-27-71-47/h10-21,27-28,30,38,41-42,48,64H,22-26H2,1-9H3,(H,55,65)(H,57,67)(H,59,66)/t28-,30-,38+,41-,42-,48+/m0/s1. The Morgan fingerprint density at radius 2 is 1.57 bits per heavy atom. The number of hydrogen-bond acceptors (Lipinski definition) is 13. The number of fused-ring (bicyclic) bond motifs is 3. The van der Waals surface area contributed by atoms with E-state index in [4.69, 9.17) is 26.1 Å². The first-order chi connectivity index (χ1) is 34.2. The number of aliphatic imine (C=N–C) groups is 1. The molecule has 5 heterocycles. The van der Waals surface area contributed by atoms with Gasteiger partial charge >= 0.3 is 0 Å². The number of ether oxygens (including phenoxy) is 2. The Morgan fingerprint density at radius 3 is 2.24 bits per heavy atom. The van der Waals surface area contributed by atoms with Crippen LogP contribution in [-0.4, -0.2) is 103 Å². The van der Waals surface area contributed by atoms with Crippen molar-refractivity contribution in [3.05, 3.63) is 128 Å². The van der Waals surface area contributed by atoms with Gasteiger partial charge in [-0.3, -0.25) is 28.7 Å². The lowest BCUT2D eigenvalue weighted by Gasteiger charge is -2.35. The van der Waals surface area contributed by atoms with Crippen molar-refractivity contribution < 1.29 is 33.8 Å². The van der Waals surface area contributed by atoms with Crippen molar-refractivity contribution >= 4 is 63.6 Å². The second kappa shape index (κ2) is 21.7. The molecule has 4 N–H and O–H groups in total. The number of rotatable bonds is 16. The Balaban J connectivity index is 0.828. The van der Waals surface area contributed by atoms with Crippen molar-refractivity contribution in [2.75, 3.05) is 19.7 Å². The van der Waals surface area contributed by atoms with Crippen LogP contribution in [0.5, 0.6) is 11.5 Å². The van der Waals surface area contributed by atoms with Crippen molar-refractivity contribution in [3.8, 4) is 26.9 Å². The maximum atomic E-state index is 14.2. The molecule has 0 aliphatic carbocycles. The van der Waals surface area contributed by atoms with E-state index in [-0.39, 0.29) is 44.5 Å². The molecule has 0 radical (unpaired) electrons. The number of nitrogens with zero attached hydrogens (tertiary/aromatic N) is 6. The number of thiophene rings is 1. The van der Waals surface area contributed by atoms with Crippen LogP contribution in [0.3, 0.4) is 0 Å². The summed E-state index contributed by atoms with van der Waals surface area (Å²) in [5.74, 6) is 0.581. The van der Waals surface area contributed by atoms with Gasteiger partial charge in [-0.25, -0.2) is 4.98 Å². The van der Waals surface area contributed by atoms with Gasteiger partial charge in [0.25, 0.3) is 5.91 Å². The summed E-state index contributed by atoms with van der Waals surface area (Å²) in [7, 11) is 0. The average molecular weight is 1030 g/mol. The molecule has 378 valence electrons. The number of halogens is 1. The maximum absolute atomic E-state index is 14.2. The summed E-state index contributed by atoms with van der Waals surface area (Å²) < 4.78 is 13.9. The predicted octanol–water partition coefficient (Wildman–Crippen LogP) is 7.95. The van der Waals surface area contributed by atoms with Crippen LogP contribution in [0.2, 0.25) is 5.02 Å². The van der Waals surface area contributed by atoms with Crippen molar-refractivity contribution in [2.45, 2.75) is 112 Å². The molecule has 6 aromatic rings. The van der Waals surface area contributed by atoms with Crippen LogP contribution < -0.4 is 25.4 Å². The summed E-state index contributed by atoms with van der Waals surface area (Å²) in [6.45, 7) is 17.0. The molecule has 4 amide bonds. The fourth-order valence-electron chi connectivity index (χ4n) is 8.89. The average Bonchev–Trinajstić information content (AvgIpc) is 4.11. The molecule has 6 atom stereocenters. The number of aliphatic hydroxyl groups excluding tert-OH is 1. The highest BCUT2D eigenvalue weighted by Gasteiger charge is 2.45. The first-order valence-corrected chi connectivity index (χ1v) is 25.9. The van der Waals surface area contributed by atoms with E-state index in [0.29, 0.717) is 28.2 Å². The summed E-state index contributed by atoms with van der Waals surface area (Å²) in [4.78, 5) is 68.0. The molecule has 1 fully saturated rings. The van der Waals surface area contributed by atoms with Gasteiger partial charge in [0, 0.05) is 34.0 Å². The van der Waals surface area contributed by atoms with Gasteiger partial charge in [0.05, 0.1) is 46.9 Å².